The number of hydrogen-bond acceptors (Lipinski definition) is 3. The summed E-state index contributed by atoms with van der Waals surface area (Å²) < 4.78 is 27.9. The Hall–Kier alpha value is -1.40. The van der Waals surface area contributed by atoms with Crippen molar-refractivity contribution < 1.29 is 13.2 Å². The van der Waals surface area contributed by atoms with Gasteiger partial charge in [0.2, 0.25) is 15.9 Å². The predicted octanol–water partition coefficient (Wildman–Crippen LogP) is 3.13. The first-order valence-corrected chi connectivity index (χ1v) is 10.5. The van der Waals surface area contributed by atoms with Crippen LogP contribution in [0.4, 0.5) is 0 Å². The molecule has 1 aliphatic rings. The lowest BCUT2D eigenvalue weighted by Gasteiger charge is -2.25. The van der Waals surface area contributed by atoms with Crippen LogP contribution in [0.1, 0.15) is 57.4 Å². The van der Waals surface area contributed by atoms with E-state index in [2.05, 4.69) is 4.72 Å². The molecule has 0 aliphatic heterocycles. The zero-order chi connectivity index (χ0) is 18.6. The fraction of sp³-hybridized carbons (Fsp3) is 0.632. The number of nitrogens with one attached hydrogen (secondary N) is 1. The average molecular weight is 367 g/mol. The molecule has 1 aromatic rings. The Morgan fingerprint density at radius 2 is 1.64 bits per heavy atom. The van der Waals surface area contributed by atoms with Crippen LogP contribution in [0.25, 0.3) is 0 Å². The third-order valence-corrected chi connectivity index (χ3v) is 6.38. The number of benzene rings is 1. The Morgan fingerprint density at radius 1 is 1.08 bits per heavy atom. The third-order valence-electron chi connectivity index (χ3n) is 4.92. The zero-order valence-electron chi connectivity index (χ0n) is 15.7. The Morgan fingerprint density at radius 3 is 2.12 bits per heavy atom. The fourth-order valence-electron chi connectivity index (χ4n) is 3.34. The van der Waals surface area contributed by atoms with E-state index in [0.29, 0.717) is 5.92 Å². The summed E-state index contributed by atoms with van der Waals surface area (Å²) in [5, 5.41) is 0. The highest BCUT2D eigenvalue weighted by molar-refractivity contribution is 7.89. The Kier molecular flexibility index (Phi) is 6.63. The van der Waals surface area contributed by atoms with Crippen LogP contribution in [0.3, 0.4) is 0 Å². The second-order valence-corrected chi connectivity index (χ2v) is 9.19. The standard InChI is InChI=1S/C19H30N2O3S/c1-14(2)18(19(22)21(3)4)20-25(23,24)17-12-10-16(11-13-17)15-8-6-5-7-9-15/h10-15,18,20H,5-9H2,1-4H3/t18-/m1/s1. The molecule has 0 radical (unpaired) electrons. The van der Waals surface area contributed by atoms with Gasteiger partial charge in [-0.15, -0.1) is 0 Å². The molecule has 0 aromatic heterocycles. The molecule has 6 heteroatoms. The number of nitrogens with zero attached hydrogens (tertiary/aromatic N) is 1. The quantitative estimate of drug-likeness (QED) is 0.841. The van der Waals surface area contributed by atoms with Crippen LogP contribution < -0.4 is 4.72 Å². The molecule has 1 fully saturated rings. The van der Waals surface area contributed by atoms with Crippen LogP contribution in [0.15, 0.2) is 29.2 Å². The molecule has 5 nitrogen and oxygen atoms in total. The molecule has 140 valence electrons. The average Bonchev–Trinajstić information content (AvgIpc) is 2.59. The predicted molar refractivity (Wildman–Crippen MR) is 99.9 cm³/mol. The van der Waals surface area contributed by atoms with Crippen molar-refractivity contribution in [1.29, 1.82) is 0 Å². The van der Waals surface area contributed by atoms with Crippen LogP contribution in [0, 0.1) is 5.92 Å². The van der Waals surface area contributed by atoms with Crippen molar-refractivity contribution in [2.45, 2.75) is 62.8 Å². The van der Waals surface area contributed by atoms with Gasteiger partial charge < -0.3 is 4.90 Å². The van der Waals surface area contributed by atoms with Crippen molar-refractivity contribution in [3.05, 3.63) is 29.8 Å². The Bertz CT molecular complexity index is 675. The van der Waals surface area contributed by atoms with E-state index >= 15 is 0 Å². The van der Waals surface area contributed by atoms with Gasteiger partial charge in [-0.25, -0.2) is 8.42 Å². The summed E-state index contributed by atoms with van der Waals surface area (Å²) in [6.07, 6.45) is 6.14. The van der Waals surface area contributed by atoms with Gasteiger partial charge in [-0.2, -0.15) is 4.72 Å². The number of hydrogen-bond donors (Lipinski definition) is 1. The van der Waals surface area contributed by atoms with Gasteiger partial charge in [-0.1, -0.05) is 45.2 Å². The van der Waals surface area contributed by atoms with Gasteiger partial charge in [0.05, 0.1) is 4.90 Å². The molecule has 25 heavy (non-hydrogen) atoms. The van der Waals surface area contributed by atoms with Crippen molar-refractivity contribution in [2.24, 2.45) is 5.92 Å². The van der Waals surface area contributed by atoms with Gasteiger partial charge in [0.25, 0.3) is 0 Å². The van der Waals surface area contributed by atoms with Gasteiger partial charge in [0, 0.05) is 14.1 Å². The van der Waals surface area contributed by atoms with E-state index in [0.717, 1.165) is 0 Å². The Balaban J connectivity index is 2.16. The lowest BCUT2D eigenvalue weighted by molar-refractivity contribution is -0.131. The molecular weight excluding hydrogens is 336 g/mol. The highest BCUT2D eigenvalue weighted by atomic mass is 32.2. The van der Waals surface area contributed by atoms with Crippen LogP contribution in [0.2, 0.25) is 0 Å². The lowest BCUT2D eigenvalue weighted by atomic mass is 9.84. The summed E-state index contributed by atoms with van der Waals surface area (Å²) in [5.41, 5.74) is 1.21. The van der Waals surface area contributed by atoms with Crippen LogP contribution in [-0.2, 0) is 14.8 Å². The van der Waals surface area contributed by atoms with Crippen LogP contribution in [0.5, 0.6) is 0 Å². The summed E-state index contributed by atoms with van der Waals surface area (Å²) in [4.78, 5) is 13.9. The molecule has 1 aliphatic carbocycles. The number of carbonyl (C=O) groups is 1. The molecule has 2 rings (SSSR count). The monoisotopic (exact) mass is 366 g/mol. The maximum atomic E-state index is 12.7. The van der Waals surface area contributed by atoms with Crippen molar-refractivity contribution in [1.82, 2.24) is 9.62 Å². The van der Waals surface area contributed by atoms with Gasteiger partial charge in [0.15, 0.2) is 0 Å². The third kappa shape index (κ3) is 5.05. The summed E-state index contributed by atoms with van der Waals surface area (Å²) in [6, 6.07) is 6.39. The molecule has 0 saturated heterocycles. The minimum absolute atomic E-state index is 0.133. The van der Waals surface area contributed by atoms with Crippen molar-refractivity contribution in [2.75, 3.05) is 14.1 Å². The highest BCUT2D eigenvalue weighted by Crippen LogP contribution is 2.32. The molecule has 1 atom stereocenters. The van der Waals surface area contributed by atoms with Gasteiger partial charge >= 0.3 is 0 Å². The first-order chi connectivity index (χ1) is 11.7. The molecule has 0 heterocycles. The second-order valence-electron chi connectivity index (χ2n) is 7.48. The molecule has 1 amide bonds. The normalized spacial score (nSPS) is 17.5. The number of sulfonamides is 1. The molecule has 1 aromatic carbocycles. The number of amides is 1. The van der Waals surface area contributed by atoms with Crippen LogP contribution in [-0.4, -0.2) is 39.4 Å². The minimum atomic E-state index is -3.73. The molecule has 1 N–H and O–H groups in total. The minimum Gasteiger partial charge on any atom is -0.347 e. The number of rotatable bonds is 6. The molecule has 1 saturated carbocycles. The topological polar surface area (TPSA) is 66.5 Å². The highest BCUT2D eigenvalue weighted by Gasteiger charge is 2.29. The SMILES string of the molecule is CC(C)[C@@H](NS(=O)(=O)c1ccc(C2CCCCC2)cc1)C(=O)N(C)C. The smallest absolute Gasteiger partial charge is 0.241 e. The van der Waals surface area contributed by atoms with E-state index in [9.17, 15) is 13.2 Å². The maximum absolute atomic E-state index is 12.7. The molecular formula is C19H30N2O3S. The van der Waals surface area contributed by atoms with E-state index in [1.807, 2.05) is 26.0 Å². The number of carbonyl (C=O) groups excluding carboxylic acids is 1. The largest absolute Gasteiger partial charge is 0.347 e. The molecule has 0 spiro atoms. The maximum Gasteiger partial charge on any atom is 0.241 e. The van der Waals surface area contributed by atoms with E-state index in [4.69, 9.17) is 0 Å². The fourth-order valence-corrected chi connectivity index (χ4v) is 4.68. The van der Waals surface area contributed by atoms with Crippen molar-refractivity contribution >= 4 is 15.9 Å². The van der Waals surface area contributed by atoms with E-state index in [-0.39, 0.29) is 16.7 Å². The molecule has 0 unspecified atom stereocenters. The zero-order valence-corrected chi connectivity index (χ0v) is 16.5. The van der Waals surface area contributed by atoms with Gasteiger partial charge in [-0.05, 0) is 42.4 Å². The van der Waals surface area contributed by atoms with Crippen molar-refractivity contribution in [3.63, 3.8) is 0 Å². The second kappa shape index (κ2) is 8.32. The van der Waals surface area contributed by atoms with E-state index in [1.54, 1.807) is 26.2 Å². The lowest BCUT2D eigenvalue weighted by Crippen LogP contribution is -2.49. The van der Waals surface area contributed by atoms with Crippen LogP contribution >= 0.6 is 0 Å². The number of likely N-dealkylation sites (N-methyl/N-ethyl adjacent to an activating group) is 1. The van der Waals surface area contributed by atoms with Gasteiger partial charge in [-0.3, -0.25) is 4.79 Å². The first-order valence-electron chi connectivity index (χ1n) is 9.06. The Labute approximate surface area is 151 Å². The summed E-state index contributed by atoms with van der Waals surface area (Å²) in [5.74, 6) is 0.167. The van der Waals surface area contributed by atoms with Gasteiger partial charge in [0.1, 0.15) is 6.04 Å². The van der Waals surface area contributed by atoms with E-state index < -0.39 is 16.1 Å². The summed E-state index contributed by atoms with van der Waals surface area (Å²) in [7, 11) is -0.468. The van der Waals surface area contributed by atoms with E-state index in [1.165, 1.54) is 42.6 Å². The molecule has 0 bridgehead atoms. The van der Waals surface area contributed by atoms with Crippen molar-refractivity contribution in [3.8, 4) is 0 Å². The summed E-state index contributed by atoms with van der Waals surface area (Å²) in [6.45, 7) is 3.67. The first kappa shape index (κ1) is 19.9. The summed E-state index contributed by atoms with van der Waals surface area (Å²) >= 11 is 0.